The molecule has 1 rings (SSSR count). The summed E-state index contributed by atoms with van der Waals surface area (Å²) in [6.45, 7) is 12.0. The Morgan fingerprint density at radius 1 is 1.27 bits per heavy atom. The van der Waals surface area contributed by atoms with E-state index in [1.165, 1.54) is 22.0 Å². The van der Waals surface area contributed by atoms with Crippen molar-refractivity contribution < 1.29 is 0 Å². The van der Waals surface area contributed by atoms with Gasteiger partial charge in [0, 0.05) is 10.9 Å². The highest BCUT2D eigenvalue weighted by molar-refractivity contribution is 7.11. The van der Waals surface area contributed by atoms with Crippen LogP contribution in [0.3, 0.4) is 0 Å². The Balaban J connectivity index is 2.46. The Kier molecular flexibility index (Phi) is 4.74. The molecule has 0 aliphatic heterocycles. The third-order valence-corrected chi connectivity index (χ3v) is 3.76. The van der Waals surface area contributed by atoms with Gasteiger partial charge in [-0.15, -0.1) is 11.3 Å². The Hall–Kier alpha value is -0.410. The van der Waals surface area contributed by atoms with Crippen LogP contribution in [-0.4, -0.2) is 11.5 Å². The molecule has 15 heavy (non-hydrogen) atoms. The normalized spacial score (nSPS) is 13.5. The van der Waals surface area contributed by atoms with Crippen molar-refractivity contribution >= 4 is 11.3 Å². The SMILES string of the molecule is Cc1nc(C)c(C(C)NCCC(C)C)s1. The third-order valence-electron chi connectivity index (χ3n) is 2.50. The molecule has 1 unspecified atom stereocenters. The molecular weight excluding hydrogens is 204 g/mol. The van der Waals surface area contributed by atoms with Crippen LogP contribution in [0.4, 0.5) is 0 Å². The lowest BCUT2D eigenvalue weighted by Gasteiger charge is -2.13. The largest absolute Gasteiger partial charge is 0.309 e. The van der Waals surface area contributed by atoms with Gasteiger partial charge in [-0.25, -0.2) is 4.98 Å². The van der Waals surface area contributed by atoms with Gasteiger partial charge in [0.05, 0.1) is 10.7 Å². The van der Waals surface area contributed by atoms with E-state index >= 15 is 0 Å². The molecule has 1 aromatic rings. The van der Waals surface area contributed by atoms with E-state index in [0.717, 1.165) is 12.5 Å². The maximum Gasteiger partial charge on any atom is 0.0900 e. The van der Waals surface area contributed by atoms with Gasteiger partial charge >= 0.3 is 0 Å². The topological polar surface area (TPSA) is 24.9 Å². The fourth-order valence-corrected chi connectivity index (χ4v) is 2.58. The van der Waals surface area contributed by atoms with Crippen LogP contribution in [0.1, 0.15) is 48.8 Å². The molecule has 0 aromatic carbocycles. The Morgan fingerprint density at radius 3 is 2.40 bits per heavy atom. The zero-order valence-electron chi connectivity index (χ0n) is 10.4. The molecule has 0 spiro atoms. The van der Waals surface area contributed by atoms with Crippen LogP contribution in [0, 0.1) is 19.8 Å². The van der Waals surface area contributed by atoms with Gasteiger partial charge in [0.15, 0.2) is 0 Å². The molecule has 0 aliphatic rings. The van der Waals surface area contributed by atoms with Crippen molar-refractivity contribution in [3.8, 4) is 0 Å². The lowest BCUT2D eigenvalue weighted by molar-refractivity contribution is 0.499. The summed E-state index contributed by atoms with van der Waals surface area (Å²) in [5.74, 6) is 0.772. The molecular formula is C12H22N2S. The van der Waals surface area contributed by atoms with Crippen molar-refractivity contribution in [1.82, 2.24) is 10.3 Å². The minimum atomic E-state index is 0.440. The predicted molar refractivity (Wildman–Crippen MR) is 67.5 cm³/mol. The lowest BCUT2D eigenvalue weighted by Crippen LogP contribution is -2.20. The summed E-state index contributed by atoms with van der Waals surface area (Å²) in [4.78, 5) is 5.84. The van der Waals surface area contributed by atoms with Gasteiger partial charge in [-0.05, 0) is 39.7 Å². The minimum absolute atomic E-state index is 0.440. The maximum absolute atomic E-state index is 4.45. The van der Waals surface area contributed by atoms with Gasteiger partial charge in [-0.2, -0.15) is 0 Å². The van der Waals surface area contributed by atoms with Crippen LogP contribution in [-0.2, 0) is 0 Å². The Morgan fingerprint density at radius 2 is 1.93 bits per heavy atom. The molecule has 1 heterocycles. The van der Waals surface area contributed by atoms with Crippen molar-refractivity contribution in [3.63, 3.8) is 0 Å². The number of aromatic nitrogens is 1. The van der Waals surface area contributed by atoms with Crippen molar-refractivity contribution in [2.45, 2.75) is 47.1 Å². The van der Waals surface area contributed by atoms with Gasteiger partial charge in [0.2, 0.25) is 0 Å². The third kappa shape index (κ3) is 3.92. The van der Waals surface area contributed by atoms with E-state index < -0.39 is 0 Å². The summed E-state index contributed by atoms with van der Waals surface area (Å²) in [5, 5.41) is 4.72. The summed E-state index contributed by atoms with van der Waals surface area (Å²) in [5.41, 5.74) is 1.18. The van der Waals surface area contributed by atoms with E-state index in [4.69, 9.17) is 0 Å². The average molecular weight is 226 g/mol. The Labute approximate surface area is 97.1 Å². The standard InChI is InChI=1S/C12H22N2S/c1-8(2)6-7-13-9(3)12-10(4)14-11(5)15-12/h8-9,13H,6-7H2,1-5H3. The molecule has 0 amide bonds. The van der Waals surface area contributed by atoms with Crippen LogP contribution < -0.4 is 5.32 Å². The van der Waals surface area contributed by atoms with Gasteiger partial charge in [0.25, 0.3) is 0 Å². The number of hydrogen-bond donors (Lipinski definition) is 1. The van der Waals surface area contributed by atoms with Crippen molar-refractivity contribution in [2.75, 3.05) is 6.54 Å². The number of nitrogens with zero attached hydrogens (tertiary/aromatic N) is 1. The second kappa shape index (κ2) is 5.61. The zero-order chi connectivity index (χ0) is 11.4. The number of rotatable bonds is 5. The second-order valence-corrected chi connectivity index (χ2v) is 5.78. The monoisotopic (exact) mass is 226 g/mol. The van der Waals surface area contributed by atoms with Crippen LogP contribution >= 0.6 is 11.3 Å². The highest BCUT2D eigenvalue weighted by Gasteiger charge is 2.11. The van der Waals surface area contributed by atoms with Crippen LogP contribution in [0.25, 0.3) is 0 Å². The number of thiazole rings is 1. The van der Waals surface area contributed by atoms with Crippen molar-refractivity contribution in [3.05, 3.63) is 15.6 Å². The fourth-order valence-electron chi connectivity index (χ4n) is 1.63. The van der Waals surface area contributed by atoms with Crippen LogP contribution in [0.2, 0.25) is 0 Å². The minimum Gasteiger partial charge on any atom is -0.309 e. The van der Waals surface area contributed by atoms with E-state index in [1.807, 2.05) is 11.3 Å². The summed E-state index contributed by atoms with van der Waals surface area (Å²) in [6, 6.07) is 0.440. The highest BCUT2D eigenvalue weighted by Crippen LogP contribution is 2.24. The molecule has 3 heteroatoms. The van der Waals surface area contributed by atoms with E-state index in [9.17, 15) is 0 Å². The predicted octanol–water partition coefficient (Wildman–Crippen LogP) is 3.46. The van der Waals surface area contributed by atoms with Crippen molar-refractivity contribution in [2.24, 2.45) is 5.92 Å². The smallest absolute Gasteiger partial charge is 0.0900 e. The molecule has 0 saturated heterocycles. The average Bonchev–Trinajstić information content (AvgIpc) is 2.44. The molecule has 1 N–H and O–H groups in total. The summed E-state index contributed by atoms with van der Waals surface area (Å²) >= 11 is 1.81. The molecule has 0 aliphatic carbocycles. The van der Waals surface area contributed by atoms with Crippen molar-refractivity contribution in [1.29, 1.82) is 0 Å². The summed E-state index contributed by atoms with van der Waals surface area (Å²) in [6.07, 6.45) is 1.24. The molecule has 0 saturated carbocycles. The first-order valence-electron chi connectivity index (χ1n) is 5.68. The van der Waals surface area contributed by atoms with Gasteiger partial charge < -0.3 is 5.32 Å². The molecule has 1 aromatic heterocycles. The molecule has 0 fully saturated rings. The van der Waals surface area contributed by atoms with E-state index in [1.54, 1.807) is 0 Å². The highest BCUT2D eigenvalue weighted by atomic mass is 32.1. The van der Waals surface area contributed by atoms with E-state index in [2.05, 4.69) is 44.9 Å². The maximum atomic E-state index is 4.45. The second-order valence-electron chi connectivity index (χ2n) is 4.54. The Bertz CT molecular complexity index is 305. The first-order chi connectivity index (χ1) is 7.00. The van der Waals surface area contributed by atoms with E-state index in [0.29, 0.717) is 6.04 Å². The molecule has 0 bridgehead atoms. The number of nitrogens with one attached hydrogen (secondary N) is 1. The summed E-state index contributed by atoms with van der Waals surface area (Å²) < 4.78 is 0. The fraction of sp³-hybridized carbons (Fsp3) is 0.750. The number of aryl methyl sites for hydroxylation is 2. The van der Waals surface area contributed by atoms with Crippen LogP contribution in [0.15, 0.2) is 0 Å². The molecule has 2 nitrogen and oxygen atoms in total. The number of hydrogen-bond acceptors (Lipinski definition) is 3. The van der Waals surface area contributed by atoms with E-state index in [-0.39, 0.29) is 0 Å². The first kappa shape index (κ1) is 12.7. The summed E-state index contributed by atoms with van der Waals surface area (Å²) in [7, 11) is 0. The lowest BCUT2D eigenvalue weighted by atomic mass is 10.1. The molecule has 86 valence electrons. The first-order valence-corrected chi connectivity index (χ1v) is 6.49. The van der Waals surface area contributed by atoms with Gasteiger partial charge in [-0.1, -0.05) is 13.8 Å². The van der Waals surface area contributed by atoms with Gasteiger partial charge in [-0.3, -0.25) is 0 Å². The van der Waals surface area contributed by atoms with Gasteiger partial charge in [0.1, 0.15) is 0 Å². The molecule has 1 atom stereocenters. The molecule has 0 radical (unpaired) electrons. The zero-order valence-corrected chi connectivity index (χ0v) is 11.2. The quantitative estimate of drug-likeness (QED) is 0.831. The van der Waals surface area contributed by atoms with Crippen LogP contribution in [0.5, 0.6) is 0 Å².